The molecular weight excluding hydrogens is 280 g/mol. The van der Waals surface area contributed by atoms with Crippen LogP contribution in [0.4, 0.5) is 4.79 Å². The third kappa shape index (κ3) is 3.27. The van der Waals surface area contributed by atoms with E-state index in [4.69, 9.17) is 9.72 Å². The van der Waals surface area contributed by atoms with E-state index in [2.05, 4.69) is 9.88 Å². The maximum absolute atomic E-state index is 11.8. The number of nitrogens with one attached hydrogen (secondary N) is 1. The van der Waals surface area contributed by atoms with Gasteiger partial charge in [0, 0.05) is 39.3 Å². The van der Waals surface area contributed by atoms with Gasteiger partial charge in [-0.2, -0.15) is 0 Å². The lowest BCUT2D eigenvalue weighted by molar-refractivity contribution is 0.0823. The molecule has 2 aliphatic heterocycles. The zero-order valence-corrected chi connectivity index (χ0v) is 14.2. The maximum Gasteiger partial charge on any atom is 0.317 e. The molecule has 1 aromatic heterocycles. The van der Waals surface area contributed by atoms with Gasteiger partial charge in [0.25, 0.3) is 0 Å². The van der Waals surface area contributed by atoms with Gasteiger partial charge < -0.3 is 19.5 Å². The van der Waals surface area contributed by atoms with E-state index in [1.807, 2.05) is 25.7 Å². The molecule has 0 radical (unpaired) electrons. The molecule has 0 aromatic carbocycles. The van der Waals surface area contributed by atoms with Crippen LogP contribution >= 0.6 is 0 Å². The number of carbonyl (C=O) groups is 1. The summed E-state index contributed by atoms with van der Waals surface area (Å²) >= 11 is 0. The van der Waals surface area contributed by atoms with Crippen LogP contribution in [-0.2, 0) is 17.8 Å². The number of carbonyl (C=O) groups excluding carboxylic acids is 1. The number of ether oxygens (including phenoxy) is 1. The summed E-state index contributed by atoms with van der Waals surface area (Å²) < 4.78 is 7.76. The number of imidazole rings is 1. The highest BCUT2D eigenvalue weighted by Crippen LogP contribution is 2.30. The lowest BCUT2D eigenvalue weighted by Gasteiger charge is -2.30. The fourth-order valence-corrected chi connectivity index (χ4v) is 3.16. The van der Waals surface area contributed by atoms with Gasteiger partial charge in [0.2, 0.25) is 0 Å². The highest BCUT2D eigenvalue weighted by atomic mass is 16.5. The molecule has 6 nitrogen and oxygen atoms in total. The molecule has 0 bridgehead atoms. The molecule has 1 fully saturated rings. The van der Waals surface area contributed by atoms with Gasteiger partial charge >= 0.3 is 6.03 Å². The summed E-state index contributed by atoms with van der Waals surface area (Å²) in [5, 5.41) is 2.70. The number of amides is 2. The Kier molecular flexibility index (Phi) is 5.83. The zero-order valence-electron chi connectivity index (χ0n) is 14.2. The first-order valence-electron chi connectivity index (χ1n) is 8.31. The van der Waals surface area contributed by atoms with Gasteiger partial charge in [-0.25, -0.2) is 9.78 Å². The Balaban J connectivity index is 0.000000847. The highest BCUT2D eigenvalue weighted by Gasteiger charge is 2.28. The maximum atomic E-state index is 11.8. The summed E-state index contributed by atoms with van der Waals surface area (Å²) in [5.41, 5.74) is 2.24. The Morgan fingerprint density at radius 3 is 2.59 bits per heavy atom. The molecule has 1 saturated heterocycles. The fraction of sp³-hybridized carbons (Fsp3) is 0.750. The van der Waals surface area contributed by atoms with E-state index < -0.39 is 0 Å². The normalized spacial score (nSPS) is 18.3. The quantitative estimate of drug-likeness (QED) is 0.866. The third-order valence-electron chi connectivity index (χ3n) is 4.32. The van der Waals surface area contributed by atoms with Crippen LogP contribution < -0.4 is 5.32 Å². The van der Waals surface area contributed by atoms with Gasteiger partial charge in [0.15, 0.2) is 0 Å². The van der Waals surface area contributed by atoms with Crippen molar-refractivity contribution in [1.82, 2.24) is 19.8 Å². The van der Waals surface area contributed by atoms with Gasteiger partial charge in [0.1, 0.15) is 5.82 Å². The fourth-order valence-electron chi connectivity index (χ4n) is 3.16. The molecule has 22 heavy (non-hydrogen) atoms. The van der Waals surface area contributed by atoms with Crippen LogP contribution in [0.1, 0.15) is 49.8 Å². The summed E-state index contributed by atoms with van der Waals surface area (Å²) in [5.74, 6) is 1.69. The first-order valence-corrected chi connectivity index (χ1v) is 8.31. The SMILES string of the molecule is CC.CNC(=O)N1CCn2c(C3CCOCC3)nc(C)c2C1. The van der Waals surface area contributed by atoms with Gasteiger partial charge in [-0.1, -0.05) is 13.8 Å². The number of nitrogens with zero attached hydrogens (tertiary/aromatic N) is 3. The van der Waals surface area contributed by atoms with Gasteiger partial charge in [-0.15, -0.1) is 0 Å². The average molecular weight is 308 g/mol. The lowest BCUT2D eigenvalue weighted by atomic mass is 9.99. The van der Waals surface area contributed by atoms with Crippen LogP contribution in [-0.4, -0.2) is 47.3 Å². The highest BCUT2D eigenvalue weighted by molar-refractivity contribution is 5.73. The van der Waals surface area contributed by atoms with Crippen LogP contribution in [0.3, 0.4) is 0 Å². The average Bonchev–Trinajstić information content (AvgIpc) is 2.93. The smallest absolute Gasteiger partial charge is 0.317 e. The van der Waals surface area contributed by atoms with Gasteiger partial charge in [-0.3, -0.25) is 0 Å². The second kappa shape index (κ2) is 7.63. The molecule has 6 heteroatoms. The van der Waals surface area contributed by atoms with E-state index in [-0.39, 0.29) is 6.03 Å². The number of hydrogen-bond acceptors (Lipinski definition) is 3. The van der Waals surface area contributed by atoms with E-state index in [9.17, 15) is 4.79 Å². The van der Waals surface area contributed by atoms with Crippen LogP contribution in [0.25, 0.3) is 0 Å². The third-order valence-corrected chi connectivity index (χ3v) is 4.32. The van der Waals surface area contributed by atoms with Gasteiger partial charge in [-0.05, 0) is 19.8 Å². The zero-order chi connectivity index (χ0) is 16.1. The molecule has 124 valence electrons. The summed E-state index contributed by atoms with van der Waals surface area (Å²) in [7, 11) is 1.68. The molecular formula is C16H28N4O2. The molecule has 1 N–H and O–H groups in total. The Morgan fingerprint density at radius 2 is 1.95 bits per heavy atom. The second-order valence-corrected chi connectivity index (χ2v) is 5.52. The van der Waals surface area contributed by atoms with Crippen molar-refractivity contribution < 1.29 is 9.53 Å². The van der Waals surface area contributed by atoms with Crippen molar-refractivity contribution in [2.24, 2.45) is 0 Å². The lowest BCUT2D eigenvalue weighted by Crippen LogP contribution is -2.43. The monoisotopic (exact) mass is 308 g/mol. The number of aryl methyl sites for hydroxylation is 1. The molecule has 0 unspecified atom stereocenters. The molecule has 1 aromatic rings. The number of aromatic nitrogens is 2. The topological polar surface area (TPSA) is 59.4 Å². The first-order chi connectivity index (χ1) is 10.7. The largest absolute Gasteiger partial charge is 0.381 e. The second-order valence-electron chi connectivity index (χ2n) is 5.52. The van der Waals surface area contributed by atoms with Crippen molar-refractivity contribution in [2.75, 3.05) is 26.8 Å². The Morgan fingerprint density at radius 1 is 1.27 bits per heavy atom. The van der Waals surface area contributed by atoms with Crippen molar-refractivity contribution in [3.8, 4) is 0 Å². The van der Waals surface area contributed by atoms with Crippen LogP contribution in [0.2, 0.25) is 0 Å². The molecule has 3 heterocycles. The van der Waals surface area contributed by atoms with E-state index >= 15 is 0 Å². The number of fused-ring (bicyclic) bond motifs is 1. The molecule has 2 aliphatic rings. The van der Waals surface area contributed by atoms with Gasteiger partial charge in [0.05, 0.1) is 17.9 Å². The van der Waals surface area contributed by atoms with E-state index in [0.29, 0.717) is 12.5 Å². The minimum atomic E-state index is -0.00975. The standard InChI is InChI=1S/C14H22N4O2.C2H6/c1-10-12-9-17(14(19)15-2)5-6-18(12)13(16-10)11-3-7-20-8-4-11;1-2/h11H,3-9H2,1-2H3,(H,15,19);1-2H3. The first kappa shape index (κ1) is 16.8. The van der Waals surface area contributed by atoms with Crippen molar-refractivity contribution >= 4 is 6.03 Å². The summed E-state index contributed by atoms with van der Waals surface area (Å²) in [6.45, 7) is 9.95. The minimum Gasteiger partial charge on any atom is -0.381 e. The Bertz CT molecular complexity index is 506. The predicted octanol–water partition coefficient (Wildman–Crippen LogP) is 2.27. The molecule has 0 atom stereocenters. The Hall–Kier alpha value is -1.56. The predicted molar refractivity (Wildman–Crippen MR) is 86.0 cm³/mol. The molecule has 0 spiro atoms. The van der Waals surface area contributed by atoms with Crippen molar-refractivity contribution in [2.45, 2.75) is 52.6 Å². The number of urea groups is 1. The molecule has 3 rings (SSSR count). The summed E-state index contributed by atoms with van der Waals surface area (Å²) in [6, 6.07) is -0.00975. The van der Waals surface area contributed by atoms with Crippen molar-refractivity contribution in [3.63, 3.8) is 0 Å². The van der Waals surface area contributed by atoms with Crippen molar-refractivity contribution in [1.29, 1.82) is 0 Å². The summed E-state index contributed by atoms with van der Waals surface area (Å²) in [6.07, 6.45) is 2.10. The number of hydrogen-bond donors (Lipinski definition) is 1. The number of rotatable bonds is 1. The van der Waals surface area contributed by atoms with E-state index in [1.54, 1.807) is 7.05 Å². The van der Waals surface area contributed by atoms with Crippen LogP contribution in [0.5, 0.6) is 0 Å². The van der Waals surface area contributed by atoms with Crippen LogP contribution in [0, 0.1) is 6.92 Å². The molecule has 0 aliphatic carbocycles. The molecule has 2 amide bonds. The van der Waals surface area contributed by atoms with Crippen molar-refractivity contribution in [3.05, 3.63) is 17.2 Å². The Labute approximate surface area is 132 Å². The van der Waals surface area contributed by atoms with E-state index in [0.717, 1.165) is 44.8 Å². The van der Waals surface area contributed by atoms with Crippen LogP contribution in [0.15, 0.2) is 0 Å². The minimum absolute atomic E-state index is 0.00975. The molecule has 0 saturated carbocycles. The van der Waals surface area contributed by atoms with E-state index in [1.165, 1.54) is 11.5 Å². The summed E-state index contributed by atoms with van der Waals surface area (Å²) in [4.78, 5) is 18.4.